The summed E-state index contributed by atoms with van der Waals surface area (Å²) in [5.41, 5.74) is 2.19. The molecule has 0 amide bonds. The van der Waals surface area contributed by atoms with Crippen LogP contribution >= 0.6 is 0 Å². The molecule has 0 saturated heterocycles. The van der Waals surface area contributed by atoms with Crippen molar-refractivity contribution in [2.45, 2.75) is 32.1 Å². The third kappa shape index (κ3) is 7.28. The fourth-order valence-corrected chi connectivity index (χ4v) is 3.24. The number of rotatable bonds is 12. The van der Waals surface area contributed by atoms with Crippen LogP contribution in [0.25, 0.3) is 6.08 Å². The minimum Gasteiger partial charge on any atom is -0.497 e. The van der Waals surface area contributed by atoms with Crippen molar-refractivity contribution in [3.8, 4) is 11.5 Å². The molecule has 6 nitrogen and oxygen atoms in total. The van der Waals surface area contributed by atoms with E-state index in [0.717, 1.165) is 41.9 Å². The number of benzene rings is 2. The van der Waals surface area contributed by atoms with Crippen LogP contribution in [0.15, 0.2) is 48.5 Å². The summed E-state index contributed by atoms with van der Waals surface area (Å²) in [6, 6.07) is 12.5. The molecule has 2 aromatic carbocycles. The first-order valence-corrected chi connectivity index (χ1v) is 9.87. The molecule has 2 N–H and O–H groups in total. The van der Waals surface area contributed by atoms with Gasteiger partial charge >= 0.3 is 11.9 Å². The predicted octanol–water partition coefficient (Wildman–Crippen LogP) is 4.92. The van der Waals surface area contributed by atoms with Crippen molar-refractivity contribution in [1.82, 2.24) is 0 Å². The van der Waals surface area contributed by atoms with E-state index in [1.807, 2.05) is 36.4 Å². The standard InChI is InChI=1S/C24H28O6/c1-29-21-13-14-22(30-2)20(16-21)12-9-17(5-3-4-6-23(25)26)15-18-7-10-19(11-8-18)24(27)28/h7-14,16-17H,3-6,15H2,1-2H3,(H,25,26)(H,27,28). The average Bonchev–Trinajstić information content (AvgIpc) is 2.74. The summed E-state index contributed by atoms with van der Waals surface area (Å²) in [5.74, 6) is -0.0881. The molecule has 160 valence electrons. The van der Waals surface area contributed by atoms with Crippen molar-refractivity contribution in [1.29, 1.82) is 0 Å². The molecule has 0 saturated carbocycles. The molecule has 0 aliphatic rings. The molecule has 0 fully saturated rings. The van der Waals surface area contributed by atoms with Gasteiger partial charge in [0.2, 0.25) is 0 Å². The molecule has 0 bridgehead atoms. The van der Waals surface area contributed by atoms with E-state index in [4.69, 9.17) is 19.7 Å². The van der Waals surface area contributed by atoms with Gasteiger partial charge in [-0.15, -0.1) is 0 Å². The Morgan fingerprint density at radius 1 is 1.00 bits per heavy atom. The second-order valence-electron chi connectivity index (χ2n) is 7.07. The molecule has 0 aromatic heterocycles. The van der Waals surface area contributed by atoms with Crippen LogP contribution in [0.4, 0.5) is 0 Å². The number of carboxylic acid groups (broad SMARTS) is 2. The van der Waals surface area contributed by atoms with Gasteiger partial charge in [0.15, 0.2) is 0 Å². The summed E-state index contributed by atoms with van der Waals surface area (Å²) in [5, 5.41) is 17.9. The maximum absolute atomic E-state index is 11.1. The average molecular weight is 412 g/mol. The summed E-state index contributed by atoms with van der Waals surface area (Å²) in [6.45, 7) is 0. The normalized spacial score (nSPS) is 11.9. The Kier molecular flexibility index (Phi) is 8.94. The molecule has 0 aliphatic carbocycles. The zero-order chi connectivity index (χ0) is 21.9. The van der Waals surface area contributed by atoms with Crippen molar-refractivity contribution in [3.63, 3.8) is 0 Å². The van der Waals surface area contributed by atoms with Gasteiger partial charge in [0.1, 0.15) is 11.5 Å². The Bertz CT molecular complexity index is 870. The van der Waals surface area contributed by atoms with Gasteiger partial charge in [-0.25, -0.2) is 4.79 Å². The molecule has 0 spiro atoms. The highest BCUT2D eigenvalue weighted by Gasteiger charge is 2.10. The zero-order valence-electron chi connectivity index (χ0n) is 17.3. The molecule has 1 atom stereocenters. The van der Waals surface area contributed by atoms with E-state index >= 15 is 0 Å². The first kappa shape index (κ1) is 23.0. The van der Waals surface area contributed by atoms with Crippen LogP contribution in [0, 0.1) is 5.92 Å². The Hall–Kier alpha value is -3.28. The molecule has 0 heterocycles. The SMILES string of the molecule is COc1ccc(OC)c(C=CC(CCCCC(=O)O)Cc2ccc(C(=O)O)cc2)c1. The van der Waals surface area contributed by atoms with E-state index in [2.05, 4.69) is 6.08 Å². The van der Waals surface area contributed by atoms with Gasteiger partial charge in [0, 0.05) is 12.0 Å². The van der Waals surface area contributed by atoms with Crippen molar-refractivity contribution in [2.24, 2.45) is 5.92 Å². The number of unbranched alkanes of at least 4 members (excludes halogenated alkanes) is 1. The summed E-state index contributed by atoms with van der Waals surface area (Å²) < 4.78 is 10.7. The van der Waals surface area contributed by atoms with Crippen LogP contribution in [0.2, 0.25) is 0 Å². The van der Waals surface area contributed by atoms with Gasteiger partial charge in [-0.05, 0) is 61.1 Å². The fraction of sp³-hybridized carbons (Fsp3) is 0.333. The molecular weight excluding hydrogens is 384 g/mol. The molecule has 0 radical (unpaired) electrons. The quantitative estimate of drug-likeness (QED) is 0.481. The van der Waals surface area contributed by atoms with Gasteiger partial charge in [-0.1, -0.05) is 30.7 Å². The van der Waals surface area contributed by atoms with Crippen LogP contribution in [0.1, 0.15) is 47.2 Å². The van der Waals surface area contributed by atoms with Gasteiger partial charge < -0.3 is 19.7 Å². The molecule has 30 heavy (non-hydrogen) atoms. The van der Waals surface area contributed by atoms with Crippen LogP contribution < -0.4 is 9.47 Å². The monoisotopic (exact) mass is 412 g/mol. The highest BCUT2D eigenvalue weighted by Crippen LogP contribution is 2.27. The van der Waals surface area contributed by atoms with Gasteiger partial charge in [-0.3, -0.25) is 4.79 Å². The summed E-state index contributed by atoms with van der Waals surface area (Å²) in [4.78, 5) is 21.8. The van der Waals surface area contributed by atoms with Crippen molar-refractivity contribution < 1.29 is 29.3 Å². The minimum absolute atomic E-state index is 0.160. The van der Waals surface area contributed by atoms with Crippen LogP contribution in [-0.4, -0.2) is 36.4 Å². The zero-order valence-corrected chi connectivity index (χ0v) is 17.3. The van der Waals surface area contributed by atoms with Crippen molar-refractivity contribution in [2.75, 3.05) is 14.2 Å². The van der Waals surface area contributed by atoms with E-state index in [-0.39, 0.29) is 17.9 Å². The third-order valence-electron chi connectivity index (χ3n) is 4.90. The number of carboxylic acids is 2. The highest BCUT2D eigenvalue weighted by molar-refractivity contribution is 5.87. The maximum atomic E-state index is 11.1. The highest BCUT2D eigenvalue weighted by atomic mass is 16.5. The molecule has 1 unspecified atom stereocenters. The fourth-order valence-electron chi connectivity index (χ4n) is 3.24. The first-order chi connectivity index (χ1) is 14.4. The molecular formula is C24H28O6. The summed E-state index contributed by atoms with van der Waals surface area (Å²) in [6.07, 6.45) is 7.24. The second-order valence-corrected chi connectivity index (χ2v) is 7.07. The third-order valence-corrected chi connectivity index (χ3v) is 4.90. The number of allylic oxidation sites excluding steroid dienone is 1. The van der Waals surface area contributed by atoms with E-state index in [1.54, 1.807) is 26.4 Å². The first-order valence-electron chi connectivity index (χ1n) is 9.87. The molecule has 6 heteroatoms. The Morgan fingerprint density at radius 2 is 1.73 bits per heavy atom. The Labute approximate surface area is 176 Å². The van der Waals surface area contributed by atoms with Crippen LogP contribution in [0.3, 0.4) is 0 Å². The van der Waals surface area contributed by atoms with E-state index < -0.39 is 11.9 Å². The number of aromatic carboxylic acids is 1. The van der Waals surface area contributed by atoms with Gasteiger partial charge in [0.25, 0.3) is 0 Å². The largest absolute Gasteiger partial charge is 0.497 e. The Balaban J connectivity index is 2.16. The molecule has 2 rings (SSSR count). The summed E-state index contributed by atoms with van der Waals surface area (Å²) >= 11 is 0. The Morgan fingerprint density at radius 3 is 2.33 bits per heavy atom. The number of ether oxygens (including phenoxy) is 2. The van der Waals surface area contributed by atoms with E-state index in [9.17, 15) is 9.59 Å². The number of carbonyl (C=O) groups is 2. The van der Waals surface area contributed by atoms with Crippen LogP contribution in [-0.2, 0) is 11.2 Å². The smallest absolute Gasteiger partial charge is 0.335 e. The number of aliphatic carboxylic acids is 1. The summed E-state index contributed by atoms with van der Waals surface area (Å²) in [7, 11) is 3.23. The molecule has 0 aliphatic heterocycles. The minimum atomic E-state index is -0.947. The lowest BCUT2D eigenvalue weighted by molar-refractivity contribution is -0.137. The molecule has 2 aromatic rings. The van der Waals surface area contributed by atoms with E-state index in [0.29, 0.717) is 6.42 Å². The maximum Gasteiger partial charge on any atom is 0.335 e. The number of hydrogen-bond donors (Lipinski definition) is 2. The lowest BCUT2D eigenvalue weighted by atomic mass is 9.92. The lowest BCUT2D eigenvalue weighted by Crippen LogP contribution is -2.04. The van der Waals surface area contributed by atoms with Gasteiger partial charge in [0.05, 0.1) is 19.8 Å². The predicted molar refractivity (Wildman–Crippen MR) is 115 cm³/mol. The second kappa shape index (κ2) is 11.7. The number of hydrogen-bond acceptors (Lipinski definition) is 4. The van der Waals surface area contributed by atoms with Crippen molar-refractivity contribution >= 4 is 18.0 Å². The van der Waals surface area contributed by atoms with Crippen molar-refractivity contribution in [3.05, 3.63) is 65.2 Å². The number of methoxy groups -OCH3 is 2. The lowest BCUT2D eigenvalue weighted by Gasteiger charge is -2.14. The topological polar surface area (TPSA) is 93.1 Å². The van der Waals surface area contributed by atoms with Gasteiger partial charge in [-0.2, -0.15) is 0 Å². The van der Waals surface area contributed by atoms with E-state index in [1.165, 1.54) is 0 Å². The van der Waals surface area contributed by atoms with Crippen LogP contribution in [0.5, 0.6) is 11.5 Å².